The van der Waals surface area contributed by atoms with Crippen molar-refractivity contribution in [1.29, 1.82) is 0 Å². The van der Waals surface area contributed by atoms with Gasteiger partial charge in [-0.2, -0.15) is 0 Å². The molecule has 0 bridgehead atoms. The molecule has 8 heteroatoms. The summed E-state index contributed by atoms with van der Waals surface area (Å²) >= 11 is 6.56. The molecular formula is C10H13ClN2O4S. The number of amides is 1. The summed E-state index contributed by atoms with van der Waals surface area (Å²) in [7, 11) is 1.52. The lowest BCUT2D eigenvalue weighted by Gasteiger charge is -2.16. The van der Waals surface area contributed by atoms with Gasteiger partial charge < -0.3 is 9.84 Å². The number of hydrogen-bond acceptors (Lipinski definition) is 5. The van der Waals surface area contributed by atoms with Crippen LogP contribution in [0.25, 0.3) is 0 Å². The molecule has 0 spiro atoms. The Bertz CT molecular complexity index is 449. The fourth-order valence-electron chi connectivity index (χ4n) is 1.28. The van der Waals surface area contributed by atoms with Crippen LogP contribution in [0.5, 0.6) is 0 Å². The van der Waals surface area contributed by atoms with Gasteiger partial charge in [0.2, 0.25) is 5.91 Å². The number of ether oxygens (including phenoxy) is 1. The van der Waals surface area contributed by atoms with Crippen molar-refractivity contribution in [2.45, 2.75) is 12.8 Å². The maximum Gasteiger partial charge on any atom is 0.347 e. The van der Waals surface area contributed by atoms with Gasteiger partial charge in [-0.25, -0.2) is 9.78 Å². The number of carbonyl (C=O) groups is 2. The number of carboxylic acids is 1. The van der Waals surface area contributed by atoms with Crippen LogP contribution >= 0.6 is 22.9 Å². The second kappa shape index (κ2) is 6.67. The van der Waals surface area contributed by atoms with Gasteiger partial charge in [0.25, 0.3) is 0 Å². The predicted octanol–water partition coefficient (Wildman–Crippen LogP) is 1.58. The number of aromatic nitrogens is 1. The molecule has 1 amide bonds. The molecule has 0 saturated carbocycles. The molecule has 0 aliphatic heterocycles. The molecule has 0 atom stereocenters. The van der Waals surface area contributed by atoms with Gasteiger partial charge in [0.15, 0.2) is 5.13 Å². The van der Waals surface area contributed by atoms with E-state index in [0.717, 1.165) is 11.3 Å². The van der Waals surface area contributed by atoms with Crippen molar-refractivity contribution in [3.63, 3.8) is 0 Å². The third-order valence-corrected chi connectivity index (χ3v) is 3.50. The van der Waals surface area contributed by atoms with Crippen LogP contribution in [0, 0.1) is 0 Å². The summed E-state index contributed by atoms with van der Waals surface area (Å²) in [4.78, 5) is 28.0. The highest BCUT2D eigenvalue weighted by molar-refractivity contribution is 7.17. The van der Waals surface area contributed by atoms with Gasteiger partial charge in [-0.1, -0.05) is 11.3 Å². The van der Waals surface area contributed by atoms with Crippen molar-refractivity contribution >= 4 is 39.9 Å². The molecule has 0 fully saturated rings. The van der Waals surface area contributed by atoms with Gasteiger partial charge in [0, 0.05) is 14.0 Å². The average molecular weight is 293 g/mol. The summed E-state index contributed by atoms with van der Waals surface area (Å²) in [6.45, 7) is 2.05. The maximum absolute atomic E-state index is 11.5. The van der Waals surface area contributed by atoms with E-state index in [9.17, 15) is 9.59 Å². The third kappa shape index (κ3) is 3.41. The monoisotopic (exact) mass is 292 g/mol. The lowest BCUT2D eigenvalue weighted by Crippen LogP contribution is -2.31. The smallest absolute Gasteiger partial charge is 0.347 e. The summed E-state index contributed by atoms with van der Waals surface area (Å²) in [6.07, 6.45) is 0. The normalized spacial score (nSPS) is 10.4. The second-order valence-corrected chi connectivity index (χ2v) is 4.62. The standard InChI is InChI=1S/C10H13ClN2O4S/c1-6(14)13(3-4-17-2)10-12-7(5-11)8(18-10)9(15)16/h3-5H2,1-2H3,(H,15,16). The van der Waals surface area contributed by atoms with Crippen LogP contribution < -0.4 is 4.90 Å². The summed E-state index contributed by atoms with van der Waals surface area (Å²) in [6, 6.07) is 0. The molecule has 0 radical (unpaired) electrons. The van der Waals surface area contributed by atoms with Crippen molar-refractivity contribution in [3.8, 4) is 0 Å². The van der Waals surface area contributed by atoms with Crippen LogP contribution in [0.3, 0.4) is 0 Å². The first kappa shape index (κ1) is 14.9. The van der Waals surface area contributed by atoms with Crippen molar-refractivity contribution in [2.24, 2.45) is 0 Å². The second-order valence-electron chi connectivity index (χ2n) is 3.37. The number of hydrogen-bond donors (Lipinski definition) is 1. The molecule has 0 aliphatic carbocycles. The molecular weight excluding hydrogens is 280 g/mol. The molecule has 18 heavy (non-hydrogen) atoms. The van der Waals surface area contributed by atoms with Crippen LogP contribution in [0.1, 0.15) is 22.3 Å². The van der Waals surface area contributed by atoms with Crippen molar-refractivity contribution < 1.29 is 19.4 Å². The number of thiazole rings is 1. The number of aromatic carboxylic acids is 1. The van der Waals surface area contributed by atoms with Crippen molar-refractivity contribution in [2.75, 3.05) is 25.2 Å². The average Bonchev–Trinajstić information content (AvgIpc) is 2.73. The van der Waals surface area contributed by atoms with Gasteiger partial charge in [-0.05, 0) is 0 Å². The predicted molar refractivity (Wildman–Crippen MR) is 68.5 cm³/mol. The lowest BCUT2D eigenvalue weighted by atomic mass is 10.4. The molecule has 1 aromatic heterocycles. The van der Waals surface area contributed by atoms with Gasteiger partial charge >= 0.3 is 5.97 Å². The van der Waals surface area contributed by atoms with Crippen LogP contribution in [0.15, 0.2) is 0 Å². The number of halogens is 1. The van der Waals surface area contributed by atoms with Crippen molar-refractivity contribution in [1.82, 2.24) is 4.98 Å². The Kier molecular flexibility index (Phi) is 5.52. The minimum Gasteiger partial charge on any atom is -0.477 e. The minimum absolute atomic E-state index is 0.00580. The van der Waals surface area contributed by atoms with E-state index in [1.165, 1.54) is 18.9 Å². The third-order valence-electron chi connectivity index (χ3n) is 2.14. The van der Waals surface area contributed by atoms with E-state index in [2.05, 4.69) is 4.98 Å². The van der Waals surface area contributed by atoms with E-state index in [1.54, 1.807) is 0 Å². The van der Waals surface area contributed by atoms with E-state index in [0.29, 0.717) is 18.3 Å². The fourth-order valence-corrected chi connectivity index (χ4v) is 2.55. The Balaban J connectivity index is 3.05. The zero-order valence-corrected chi connectivity index (χ0v) is 11.5. The Morgan fingerprint density at radius 2 is 2.22 bits per heavy atom. The number of alkyl halides is 1. The first-order chi connectivity index (χ1) is 8.51. The summed E-state index contributed by atoms with van der Waals surface area (Å²) in [5.74, 6) is -1.32. The molecule has 6 nitrogen and oxygen atoms in total. The first-order valence-electron chi connectivity index (χ1n) is 5.07. The van der Waals surface area contributed by atoms with E-state index in [-0.39, 0.29) is 22.4 Å². The Hall–Kier alpha value is -1.18. The molecule has 1 rings (SSSR count). The molecule has 1 N–H and O–H groups in total. The van der Waals surface area contributed by atoms with Crippen LogP contribution in [-0.2, 0) is 15.4 Å². The van der Waals surface area contributed by atoms with Gasteiger partial charge in [-0.15, -0.1) is 11.6 Å². The van der Waals surface area contributed by atoms with E-state index >= 15 is 0 Å². The molecule has 1 heterocycles. The highest BCUT2D eigenvalue weighted by Crippen LogP contribution is 2.27. The lowest BCUT2D eigenvalue weighted by molar-refractivity contribution is -0.116. The van der Waals surface area contributed by atoms with Crippen LogP contribution in [0.2, 0.25) is 0 Å². The van der Waals surface area contributed by atoms with E-state index in [4.69, 9.17) is 21.4 Å². The van der Waals surface area contributed by atoms with Crippen molar-refractivity contribution in [3.05, 3.63) is 10.6 Å². The van der Waals surface area contributed by atoms with Crippen LogP contribution in [-0.4, -0.2) is 42.2 Å². The topological polar surface area (TPSA) is 79.7 Å². The highest BCUT2D eigenvalue weighted by Gasteiger charge is 2.22. The molecule has 0 unspecified atom stereocenters. The fraction of sp³-hybridized carbons (Fsp3) is 0.500. The Morgan fingerprint density at radius 1 is 1.56 bits per heavy atom. The van der Waals surface area contributed by atoms with E-state index < -0.39 is 5.97 Å². The summed E-state index contributed by atoms with van der Waals surface area (Å²) < 4.78 is 4.90. The molecule has 0 aromatic carbocycles. The van der Waals surface area contributed by atoms with Gasteiger partial charge in [0.1, 0.15) is 4.88 Å². The largest absolute Gasteiger partial charge is 0.477 e. The molecule has 0 saturated heterocycles. The number of methoxy groups -OCH3 is 1. The zero-order chi connectivity index (χ0) is 13.7. The number of rotatable bonds is 6. The SMILES string of the molecule is COCCN(C(C)=O)c1nc(CCl)c(C(=O)O)s1. The van der Waals surface area contributed by atoms with Gasteiger partial charge in [-0.3, -0.25) is 9.69 Å². The highest BCUT2D eigenvalue weighted by atomic mass is 35.5. The molecule has 0 aliphatic rings. The van der Waals surface area contributed by atoms with Gasteiger partial charge in [0.05, 0.1) is 24.7 Å². The Labute approximate surface area is 113 Å². The van der Waals surface area contributed by atoms with E-state index in [1.807, 2.05) is 0 Å². The number of anilines is 1. The molecule has 1 aromatic rings. The quantitative estimate of drug-likeness (QED) is 0.805. The van der Waals surface area contributed by atoms with Crippen LogP contribution in [0.4, 0.5) is 5.13 Å². The first-order valence-corrected chi connectivity index (χ1v) is 6.42. The minimum atomic E-state index is -1.09. The number of carbonyl (C=O) groups excluding carboxylic acids is 1. The Morgan fingerprint density at radius 3 is 2.61 bits per heavy atom. The maximum atomic E-state index is 11.5. The zero-order valence-electron chi connectivity index (χ0n) is 9.97. The number of nitrogens with zero attached hydrogens (tertiary/aromatic N) is 2. The summed E-state index contributed by atoms with van der Waals surface area (Å²) in [5.41, 5.74) is 0.271. The molecule has 100 valence electrons. The number of carboxylic acid groups (broad SMARTS) is 1. The summed E-state index contributed by atoms with van der Waals surface area (Å²) in [5, 5.41) is 9.32.